The van der Waals surface area contributed by atoms with Gasteiger partial charge in [-0.05, 0) is 18.1 Å². The Kier molecular flexibility index (Phi) is 2.54. The molecule has 0 atom stereocenters. The van der Waals surface area contributed by atoms with Crippen molar-refractivity contribution < 1.29 is 9.59 Å². The highest BCUT2D eigenvalue weighted by Gasteiger charge is 2.26. The monoisotopic (exact) mass is 203 g/mol. The third-order valence-electron chi connectivity index (χ3n) is 2.77. The van der Waals surface area contributed by atoms with Crippen molar-refractivity contribution in [2.45, 2.75) is 25.7 Å². The fraction of sp³-hybridized carbons (Fsp3) is 0.333. The van der Waals surface area contributed by atoms with Gasteiger partial charge in [0, 0.05) is 18.8 Å². The van der Waals surface area contributed by atoms with Gasteiger partial charge in [0.25, 0.3) is 0 Å². The van der Waals surface area contributed by atoms with E-state index in [1.165, 1.54) is 0 Å². The highest BCUT2D eigenvalue weighted by atomic mass is 16.2. The first-order valence-corrected chi connectivity index (χ1v) is 5.05. The van der Waals surface area contributed by atoms with E-state index in [1.807, 2.05) is 31.2 Å². The second kappa shape index (κ2) is 3.85. The molecule has 1 aliphatic rings. The van der Waals surface area contributed by atoms with Gasteiger partial charge < -0.3 is 0 Å². The van der Waals surface area contributed by atoms with Gasteiger partial charge >= 0.3 is 0 Å². The molecule has 3 heteroatoms. The van der Waals surface area contributed by atoms with Gasteiger partial charge in [0.2, 0.25) is 11.8 Å². The van der Waals surface area contributed by atoms with Crippen molar-refractivity contribution in [3.63, 3.8) is 0 Å². The van der Waals surface area contributed by atoms with Crippen LogP contribution in [0.25, 0.3) is 0 Å². The van der Waals surface area contributed by atoms with Crippen LogP contribution in [0.5, 0.6) is 0 Å². The SMILES string of the molecule is Cc1ccccc1C1CC(=O)NC(=O)C1. The minimum atomic E-state index is -0.167. The zero-order chi connectivity index (χ0) is 10.8. The molecule has 15 heavy (non-hydrogen) atoms. The third kappa shape index (κ3) is 2.06. The molecule has 0 aliphatic carbocycles. The molecule has 0 unspecified atom stereocenters. The predicted molar refractivity (Wildman–Crippen MR) is 56.3 cm³/mol. The second-order valence-corrected chi connectivity index (χ2v) is 3.93. The van der Waals surface area contributed by atoms with Crippen molar-refractivity contribution in [3.05, 3.63) is 35.4 Å². The first-order chi connectivity index (χ1) is 7.16. The lowest BCUT2D eigenvalue weighted by Crippen LogP contribution is -2.37. The number of aryl methyl sites for hydroxylation is 1. The van der Waals surface area contributed by atoms with E-state index >= 15 is 0 Å². The molecule has 78 valence electrons. The van der Waals surface area contributed by atoms with Crippen molar-refractivity contribution in [1.29, 1.82) is 0 Å². The molecule has 1 saturated heterocycles. The number of benzene rings is 1. The second-order valence-electron chi connectivity index (χ2n) is 3.93. The summed E-state index contributed by atoms with van der Waals surface area (Å²) in [4.78, 5) is 22.5. The Morgan fingerprint density at radius 1 is 1.13 bits per heavy atom. The van der Waals surface area contributed by atoms with Gasteiger partial charge in [0.15, 0.2) is 0 Å². The molecule has 1 aliphatic heterocycles. The number of imide groups is 1. The summed E-state index contributed by atoms with van der Waals surface area (Å²) in [6.45, 7) is 2.01. The molecule has 0 radical (unpaired) electrons. The fourth-order valence-corrected chi connectivity index (χ4v) is 2.04. The smallest absolute Gasteiger partial charge is 0.227 e. The third-order valence-corrected chi connectivity index (χ3v) is 2.77. The van der Waals surface area contributed by atoms with Crippen molar-refractivity contribution in [2.75, 3.05) is 0 Å². The van der Waals surface area contributed by atoms with Crippen molar-refractivity contribution in [1.82, 2.24) is 5.32 Å². The number of amides is 2. The van der Waals surface area contributed by atoms with Crippen molar-refractivity contribution in [3.8, 4) is 0 Å². The average Bonchev–Trinajstić information content (AvgIpc) is 2.16. The highest BCUT2D eigenvalue weighted by molar-refractivity contribution is 5.98. The van der Waals surface area contributed by atoms with E-state index in [2.05, 4.69) is 5.32 Å². The maximum atomic E-state index is 11.2. The van der Waals surface area contributed by atoms with E-state index in [-0.39, 0.29) is 17.7 Å². The van der Waals surface area contributed by atoms with Crippen LogP contribution in [0.1, 0.15) is 29.9 Å². The van der Waals surface area contributed by atoms with E-state index in [0.29, 0.717) is 12.8 Å². The minimum Gasteiger partial charge on any atom is -0.296 e. The zero-order valence-corrected chi connectivity index (χ0v) is 8.62. The molecule has 2 amide bonds. The number of rotatable bonds is 1. The van der Waals surface area contributed by atoms with Crippen LogP contribution >= 0.6 is 0 Å². The Balaban J connectivity index is 2.27. The summed E-state index contributed by atoms with van der Waals surface area (Å²) >= 11 is 0. The number of carbonyl (C=O) groups is 2. The molecule has 0 saturated carbocycles. The van der Waals surface area contributed by atoms with Crippen LogP contribution in [0, 0.1) is 6.92 Å². The van der Waals surface area contributed by atoms with Crippen LogP contribution in [0.3, 0.4) is 0 Å². The maximum Gasteiger partial charge on any atom is 0.227 e. The molecule has 3 nitrogen and oxygen atoms in total. The average molecular weight is 203 g/mol. The number of nitrogens with one attached hydrogen (secondary N) is 1. The van der Waals surface area contributed by atoms with E-state index in [4.69, 9.17) is 0 Å². The standard InChI is InChI=1S/C12H13NO2/c1-8-4-2-3-5-10(8)9-6-11(14)13-12(15)7-9/h2-5,9H,6-7H2,1H3,(H,13,14,15). The summed E-state index contributed by atoms with van der Waals surface area (Å²) in [6.07, 6.45) is 0.827. The minimum absolute atomic E-state index is 0.0486. The van der Waals surface area contributed by atoms with Crippen LogP contribution in [0.2, 0.25) is 0 Å². The first-order valence-electron chi connectivity index (χ1n) is 5.05. The van der Waals surface area contributed by atoms with E-state index in [9.17, 15) is 9.59 Å². The summed E-state index contributed by atoms with van der Waals surface area (Å²) in [5, 5.41) is 2.32. The van der Waals surface area contributed by atoms with Crippen LogP contribution in [-0.4, -0.2) is 11.8 Å². The van der Waals surface area contributed by atoms with Crippen molar-refractivity contribution >= 4 is 11.8 Å². The van der Waals surface area contributed by atoms with Crippen LogP contribution in [0.15, 0.2) is 24.3 Å². The maximum absolute atomic E-state index is 11.2. The molecule has 1 fully saturated rings. The van der Waals surface area contributed by atoms with E-state index < -0.39 is 0 Å². The Bertz CT molecular complexity index is 396. The molecule has 2 rings (SSSR count). The number of piperidine rings is 1. The molecule has 1 aromatic carbocycles. The van der Waals surface area contributed by atoms with Gasteiger partial charge in [-0.3, -0.25) is 14.9 Å². The molecule has 1 heterocycles. The Morgan fingerprint density at radius 2 is 1.73 bits per heavy atom. The largest absolute Gasteiger partial charge is 0.296 e. The molecule has 0 bridgehead atoms. The number of hydrogen-bond donors (Lipinski definition) is 1. The first kappa shape index (κ1) is 9.90. The van der Waals surface area contributed by atoms with Gasteiger partial charge in [-0.15, -0.1) is 0 Å². The molecule has 1 aromatic rings. The molecule has 0 spiro atoms. The predicted octanol–water partition coefficient (Wildman–Crippen LogP) is 1.52. The van der Waals surface area contributed by atoms with E-state index in [0.717, 1.165) is 11.1 Å². The molecule has 0 aromatic heterocycles. The quantitative estimate of drug-likeness (QED) is 0.703. The normalized spacial score (nSPS) is 17.7. The Hall–Kier alpha value is -1.64. The highest BCUT2D eigenvalue weighted by Crippen LogP contribution is 2.28. The van der Waals surface area contributed by atoms with E-state index in [1.54, 1.807) is 0 Å². The summed E-state index contributed by atoms with van der Waals surface area (Å²) in [6, 6.07) is 7.90. The number of hydrogen-bond acceptors (Lipinski definition) is 2. The lowest BCUT2D eigenvalue weighted by Gasteiger charge is -2.22. The van der Waals surface area contributed by atoms with Gasteiger partial charge in [-0.25, -0.2) is 0 Å². The zero-order valence-electron chi connectivity index (χ0n) is 8.62. The fourth-order valence-electron chi connectivity index (χ4n) is 2.04. The summed E-state index contributed by atoms with van der Waals surface area (Å²) in [7, 11) is 0. The summed E-state index contributed by atoms with van der Waals surface area (Å²) in [5.41, 5.74) is 2.26. The molecule has 1 N–H and O–H groups in total. The van der Waals surface area contributed by atoms with Gasteiger partial charge in [-0.1, -0.05) is 24.3 Å². The summed E-state index contributed by atoms with van der Waals surface area (Å²) in [5.74, 6) is -0.286. The molecular weight excluding hydrogens is 190 g/mol. The number of carbonyl (C=O) groups excluding carboxylic acids is 2. The lowest BCUT2D eigenvalue weighted by atomic mass is 9.87. The van der Waals surface area contributed by atoms with Crippen LogP contribution in [0.4, 0.5) is 0 Å². The summed E-state index contributed by atoms with van der Waals surface area (Å²) < 4.78 is 0. The van der Waals surface area contributed by atoms with Crippen LogP contribution < -0.4 is 5.32 Å². The van der Waals surface area contributed by atoms with Crippen LogP contribution in [-0.2, 0) is 9.59 Å². The topological polar surface area (TPSA) is 46.2 Å². The molecular formula is C12H13NO2. The lowest BCUT2D eigenvalue weighted by molar-refractivity contribution is -0.133. The van der Waals surface area contributed by atoms with Crippen molar-refractivity contribution in [2.24, 2.45) is 0 Å². The Morgan fingerprint density at radius 3 is 2.33 bits per heavy atom. The Labute approximate surface area is 88.5 Å². The van der Waals surface area contributed by atoms with Gasteiger partial charge in [0.05, 0.1) is 0 Å². The van der Waals surface area contributed by atoms with Gasteiger partial charge in [-0.2, -0.15) is 0 Å². The van der Waals surface area contributed by atoms with Gasteiger partial charge in [0.1, 0.15) is 0 Å².